The zero-order valence-corrected chi connectivity index (χ0v) is 16.3. The van der Waals surface area contributed by atoms with Crippen molar-refractivity contribution in [2.45, 2.75) is 6.92 Å². The van der Waals surface area contributed by atoms with Gasteiger partial charge in [0.15, 0.2) is 18.1 Å². The van der Waals surface area contributed by atoms with Crippen molar-refractivity contribution >= 4 is 40.1 Å². The lowest BCUT2D eigenvalue weighted by atomic mass is 10.1. The van der Waals surface area contributed by atoms with Crippen LogP contribution in [0.15, 0.2) is 40.8 Å². The van der Waals surface area contributed by atoms with Gasteiger partial charge >= 0.3 is 5.97 Å². The van der Waals surface area contributed by atoms with Crippen LogP contribution in [0.2, 0.25) is 5.02 Å². The van der Waals surface area contributed by atoms with E-state index in [-0.39, 0.29) is 5.76 Å². The number of halogens is 1. The molecule has 0 fully saturated rings. The summed E-state index contributed by atoms with van der Waals surface area (Å²) < 4.78 is 20.9. The summed E-state index contributed by atoms with van der Waals surface area (Å²) >= 11 is 5.97. The van der Waals surface area contributed by atoms with Crippen LogP contribution >= 0.6 is 11.6 Å². The molecule has 0 atom stereocenters. The number of anilines is 1. The Morgan fingerprint density at radius 2 is 1.82 bits per heavy atom. The lowest BCUT2D eigenvalue weighted by molar-refractivity contribution is -0.119. The number of carbonyl (C=O) groups excluding carboxylic acids is 2. The Hall–Kier alpha value is -3.19. The summed E-state index contributed by atoms with van der Waals surface area (Å²) in [5.41, 5.74) is 1.60. The number of benzene rings is 2. The highest BCUT2D eigenvalue weighted by Crippen LogP contribution is 2.30. The number of furan rings is 1. The van der Waals surface area contributed by atoms with Gasteiger partial charge < -0.3 is 23.9 Å². The topological polar surface area (TPSA) is 87.0 Å². The molecule has 146 valence electrons. The summed E-state index contributed by atoms with van der Waals surface area (Å²) in [6.45, 7) is 1.26. The normalized spacial score (nSPS) is 10.6. The first-order chi connectivity index (χ1) is 13.4. The third kappa shape index (κ3) is 4.04. The van der Waals surface area contributed by atoms with Gasteiger partial charge in [-0.15, -0.1) is 0 Å². The fourth-order valence-electron chi connectivity index (χ4n) is 2.70. The predicted molar refractivity (Wildman–Crippen MR) is 104 cm³/mol. The molecule has 0 saturated carbocycles. The van der Waals surface area contributed by atoms with Gasteiger partial charge in [-0.2, -0.15) is 0 Å². The van der Waals surface area contributed by atoms with Gasteiger partial charge in [0, 0.05) is 27.7 Å². The largest absolute Gasteiger partial charge is 0.493 e. The maximum Gasteiger partial charge on any atom is 0.375 e. The van der Waals surface area contributed by atoms with Crippen LogP contribution in [-0.2, 0) is 9.53 Å². The molecule has 0 aliphatic carbocycles. The van der Waals surface area contributed by atoms with Crippen LogP contribution in [0.1, 0.15) is 16.1 Å². The number of hydrogen-bond donors (Lipinski definition) is 1. The van der Waals surface area contributed by atoms with Crippen molar-refractivity contribution in [2.24, 2.45) is 0 Å². The van der Waals surface area contributed by atoms with Gasteiger partial charge in [-0.1, -0.05) is 11.6 Å². The van der Waals surface area contributed by atoms with Crippen molar-refractivity contribution in [1.82, 2.24) is 0 Å². The maximum atomic E-state index is 12.3. The molecule has 0 unspecified atom stereocenters. The lowest BCUT2D eigenvalue weighted by Crippen LogP contribution is -2.21. The van der Waals surface area contributed by atoms with Gasteiger partial charge in [-0.3, -0.25) is 4.79 Å². The van der Waals surface area contributed by atoms with E-state index >= 15 is 0 Å². The van der Waals surface area contributed by atoms with Gasteiger partial charge in [-0.05, 0) is 37.3 Å². The number of fused-ring (bicyclic) bond motifs is 1. The minimum absolute atomic E-state index is 0.0381. The molecular weight excluding hydrogens is 386 g/mol. The van der Waals surface area contributed by atoms with Gasteiger partial charge in [-0.25, -0.2) is 4.79 Å². The van der Waals surface area contributed by atoms with E-state index in [1.165, 1.54) is 14.2 Å². The zero-order chi connectivity index (χ0) is 20.3. The van der Waals surface area contributed by atoms with Crippen LogP contribution in [0.25, 0.3) is 11.0 Å². The molecule has 0 spiro atoms. The number of carbonyl (C=O) groups is 2. The molecule has 3 aromatic rings. The van der Waals surface area contributed by atoms with E-state index in [1.54, 1.807) is 43.3 Å². The molecule has 0 bridgehead atoms. The van der Waals surface area contributed by atoms with Gasteiger partial charge in [0.2, 0.25) is 5.76 Å². The summed E-state index contributed by atoms with van der Waals surface area (Å²) in [5, 5.41) is 3.87. The first-order valence-electron chi connectivity index (χ1n) is 8.30. The SMILES string of the molecule is COc1ccc(NC(=O)COC(=O)c2oc3ccc(Cl)cc3c2C)cc1OC. The second-order valence-electron chi connectivity index (χ2n) is 5.89. The number of ether oxygens (including phenoxy) is 3. The van der Waals surface area contributed by atoms with Crippen LogP contribution in [0.5, 0.6) is 11.5 Å². The number of nitrogens with one attached hydrogen (secondary N) is 1. The van der Waals surface area contributed by atoms with E-state index in [2.05, 4.69) is 5.32 Å². The van der Waals surface area contributed by atoms with Crippen LogP contribution in [0.4, 0.5) is 5.69 Å². The van der Waals surface area contributed by atoms with E-state index in [4.69, 9.17) is 30.2 Å². The van der Waals surface area contributed by atoms with Gasteiger partial charge in [0.1, 0.15) is 5.58 Å². The molecule has 0 radical (unpaired) electrons. The molecule has 28 heavy (non-hydrogen) atoms. The molecule has 8 heteroatoms. The fraction of sp³-hybridized carbons (Fsp3) is 0.200. The van der Waals surface area contributed by atoms with E-state index < -0.39 is 18.5 Å². The monoisotopic (exact) mass is 403 g/mol. The number of amides is 1. The lowest BCUT2D eigenvalue weighted by Gasteiger charge is -2.10. The molecule has 0 aliphatic rings. The fourth-order valence-corrected chi connectivity index (χ4v) is 2.87. The Kier molecular flexibility index (Phi) is 5.75. The zero-order valence-electron chi connectivity index (χ0n) is 15.5. The number of aryl methyl sites for hydroxylation is 1. The van der Waals surface area contributed by atoms with Crippen molar-refractivity contribution in [3.05, 3.63) is 52.7 Å². The van der Waals surface area contributed by atoms with Gasteiger partial charge in [0.05, 0.1) is 14.2 Å². The van der Waals surface area contributed by atoms with Crippen molar-refractivity contribution in [2.75, 3.05) is 26.1 Å². The summed E-state index contributed by atoms with van der Waals surface area (Å²) in [7, 11) is 3.01. The molecule has 1 heterocycles. The van der Waals surface area contributed by atoms with Crippen LogP contribution in [0, 0.1) is 6.92 Å². The average Bonchev–Trinajstić information content (AvgIpc) is 3.02. The number of methoxy groups -OCH3 is 2. The molecule has 2 aromatic carbocycles. The Labute approximate surface area is 166 Å². The van der Waals surface area contributed by atoms with Gasteiger partial charge in [0.25, 0.3) is 5.91 Å². The average molecular weight is 404 g/mol. The first kappa shape index (κ1) is 19.6. The van der Waals surface area contributed by atoms with Crippen molar-refractivity contribution in [3.63, 3.8) is 0 Å². The van der Waals surface area contributed by atoms with E-state index in [0.29, 0.717) is 38.7 Å². The van der Waals surface area contributed by atoms with Crippen molar-refractivity contribution < 1.29 is 28.2 Å². The van der Waals surface area contributed by atoms with E-state index in [1.807, 2.05) is 0 Å². The van der Waals surface area contributed by atoms with E-state index in [9.17, 15) is 9.59 Å². The summed E-state index contributed by atoms with van der Waals surface area (Å²) in [6.07, 6.45) is 0. The molecule has 3 rings (SSSR count). The summed E-state index contributed by atoms with van der Waals surface area (Å²) in [4.78, 5) is 24.4. The summed E-state index contributed by atoms with van der Waals surface area (Å²) in [6, 6.07) is 9.95. The number of hydrogen-bond acceptors (Lipinski definition) is 6. The highest BCUT2D eigenvalue weighted by atomic mass is 35.5. The summed E-state index contributed by atoms with van der Waals surface area (Å²) in [5.74, 6) is -0.193. The highest BCUT2D eigenvalue weighted by molar-refractivity contribution is 6.31. The molecule has 1 N–H and O–H groups in total. The Morgan fingerprint density at radius 1 is 1.07 bits per heavy atom. The number of esters is 1. The van der Waals surface area contributed by atoms with Crippen LogP contribution < -0.4 is 14.8 Å². The highest BCUT2D eigenvalue weighted by Gasteiger charge is 2.20. The second kappa shape index (κ2) is 8.22. The third-order valence-electron chi connectivity index (χ3n) is 4.09. The molecule has 0 saturated heterocycles. The Bertz CT molecular complexity index is 1040. The standard InChI is InChI=1S/C20H18ClNO6/c1-11-14-8-12(21)4-6-15(14)28-19(11)20(24)27-10-18(23)22-13-5-7-16(25-2)17(9-13)26-3/h4-9H,10H2,1-3H3,(H,22,23). The second-order valence-corrected chi connectivity index (χ2v) is 6.33. The first-order valence-corrected chi connectivity index (χ1v) is 8.68. The Balaban J connectivity index is 1.65. The van der Waals surface area contributed by atoms with Crippen molar-refractivity contribution in [3.8, 4) is 11.5 Å². The van der Waals surface area contributed by atoms with Crippen LogP contribution in [-0.4, -0.2) is 32.7 Å². The smallest absolute Gasteiger partial charge is 0.375 e. The minimum Gasteiger partial charge on any atom is -0.493 e. The number of rotatable bonds is 6. The van der Waals surface area contributed by atoms with Crippen molar-refractivity contribution in [1.29, 1.82) is 0 Å². The van der Waals surface area contributed by atoms with Crippen LogP contribution in [0.3, 0.4) is 0 Å². The Morgan fingerprint density at radius 3 is 2.54 bits per heavy atom. The predicted octanol–water partition coefficient (Wildman–Crippen LogP) is 4.21. The maximum absolute atomic E-state index is 12.3. The third-order valence-corrected chi connectivity index (χ3v) is 4.32. The minimum atomic E-state index is -0.729. The molecule has 0 aliphatic heterocycles. The van der Waals surface area contributed by atoms with E-state index in [0.717, 1.165) is 0 Å². The molecule has 7 nitrogen and oxygen atoms in total. The molecular formula is C20H18ClNO6. The molecule has 1 amide bonds. The molecule has 1 aromatic heterocycles. The quantitative estimate of drug-likeness (QED) is 0.620.